The van der Waals surface area contributed by atoms with Gasteiger partial charge in [-0.25, -0.2) is 4.79 Å². The number of benzene rings is 2. The minimum absolute atomic E-state index is 0.00318. The van der Waals surface area contributed by atoms with Crippen LogP contribution in [0.2, 0.25) is 0 Å². The Morgan fingerprint density at radius 3 is 2.38 bits per heavy atom. The van der Waals surface area contributed by atoms with E-state index in [-0.39, 0.29) is 37.9 Å². The molecule has 2 heterocycles. The number of aromatic nitrogens is 2. The Kier molecular flexibility index (Phi) is 7.55. The number of hydrogen-bond donors (Lipinski definition) is 1. The lowest BCUT2D eigenvalue weighted by Crippen LogP contribution is -2.39. The molecule has 9 nitrogen and oxygen atoms in total. The summed E-state index contributed by atoms with van der Waals surface area (Å²) in [6.45, 7) is 5.84. The molecule has 2 aromatic heterocycles. The highest BCUT2D eigenvalue weighted by molar-refractivity contribution is 5.85. The van der Waals surface area contributed by atoms with Crippen LogP contribution in [0.1, 0.15) is 43.4 Å². The molecule has 1 aliphatic carbocycles. The van der Waals surface area contributed by atoms with E-state index in [0.29, 0.717) is 0 Å². The van der Waals surface area contributed by atoms with Gasteiger partial charge in [-0.3, -0.25) is 19.9 Å². The molecule has 206 valence electrons. The molecule has 0 saturated heterocycles. The van der Waals surface area contributed by atoms with Crippen molar-refractivity contribution in [3.8, 4) is 11.1 Å². The first-order valence-corrected chi connectivity index (χ1v) is 13.1. The fourth-order valence-corrected chi connectivity index (χ4v) is 5.19. The highest BCUT2D eigenvalue weighted by atomic mass is 16.6. The summed E-state index contributed by atoms with van der Waals surface area (Å²) in [6, 6.07) is 17.9. The van der Waals surface area contributed by atoms with Gasteiger partial charge in [0.2, 0.25) is 0 Å². The van der Waals surface area contributed by atoms with E-state index < -0.39 is 17.9 Å². The van der Waals surface area contributed by atoms with Crippen molar-refractivity contribution in [3.05, 3.63) is 89.9 Å². The summed E-state index contributed by atoms with van der Waals surface area (Å²) in [6.07, 6.45) is 3.52. The Morgan fingerprint density at radius 2 is 1.73 bits per heavy atom. The van der Waals surface area contributed by atoms with E-state index in [1.807, 2.05) is 57.2 Å². The maximum Gasteiger partial charge on any atom is 0.410 e. The minimum Gasteiger partial charge on any atom is -0.459 e. The number of nitrogens with one attached hydrogen (secondary N) is 1. The van der Waals surface area contributed by atoms with Crippen molar-refractivity contribution in [1.29, 1.82) is 0 Å². The summed E-state index contributed by atoms with van der Waals surface area (Å²) in [4.78, 5) is 40.8. The Balaban J connectivity index is 1.28. The van der Waals surface area contributed by atoms with Crippen molar-refractivity contribution >= 4 is 29.4 Å². The molecule has 0 aliphatic heterocycles. The Morgan fingerprint density at radius 1 is 1.05 bits per heavy atom. The summed E-state index contributed by atoms with van der Waals surface area (Å²) < 4.78 is 18.0. The van der Waals surface area contributed by atoms with Crippen LogP contribution in [0, 0.1) is 0 Å². The Hall–Kier alpha value is -4.66. The number of carbonyl (C=O) groups excluding carboxylic acids is 3. The molecule has 4 aromatic rings. The van der Waals surface area contributed by atoms with Crippen LogP contribution in [0.15, 0.2) is 73.2 Å². The monoisotopic (exact) mass is 541 g/mol. The van der Waals surface area contributed by atoms with Crippen LogP contribution in [0.3, 0.4) is 0 Å². The average Bonchev–Trinajstić information content (AvgIpc) is 3.42. The summed E-state index contributed by atoms with van der Waals surface area (Å²) in [5.41, 5.74) is 5.35. The molecule has 1 amide bonds. The van der Waals surface area contributed by atoms with Gasteiger partial charge in [0.1, 0.15) is 18.8 Å². The van der Waals surface area contributed by atoms with Crippen molar-refractivity contribution in [3.63, 3.8) is 0 Å². The fraction of sp³-hybridized carbons (Fsp3) is 0.290. The molecule has 0 bridgehead atoms. The number of carbonyl (C=O) groups is 3. The molecule has 1 aliphatic rings. The molecule has 5 rings (SSSR count). The molecule has 1 unspecified atom stereocenters. The lowest BCUT2D eigenvalue weighted by molar-refractivity contribution is -0.155. The van der Waals surface area contributed by atoms with Crippen LogP contribution >= 0.6 is 0 Å². The number of pyridine rings is 1. The predicted molar refractivity (Wildman–Crippen MR) is 148 cm³/mol. The smallest absolute Gasteiger partial charge is 0.410 e. The quantitative estimate of drug-likeness (QED) is 0.138. The molecule has 0 spiro atoms. The topological polar surface area (TPSA) is 109 Å². The van der Waals surface area contributed by atoms with Crippen LogP contribution in [-0.4, -0.2) is 46.5 Å². The van der Waals surface area contributed by atoms with Crippen molar-refractivity contribution in [2.75, 3.05) is 6.61 Å². The third kappa shape index (κ3) is 5.83. The van der Waals surface area contributed by atoms with Crippen molar-refractivity contribution < 1.29 is 28.6 Å². The summed E-state index contributed by atoms with van der Waals surface area (Å²) >= 11 is 0. The number of ether oxygens (including phenoxy) is 3. The zero-order valence-electron chi connectivity index (χ0n) is 22.6. The predicted octanol–water partition coefficient (Wildman–Crippen LogP) is 4.96. The highest BCUT2D eigenvalue weighted by Crippen LogP contribution is 2.44. The number of fused-ring (bicyclic) bond motifs is 4. The molecule has 0 saturated carbocycles. The van der Waals surface area contributed by atoms with E-state index in [4.69, 9.17) is 14.2 Å². The van der Waals surface area contributed by atoms with Crippen LogP contribution < -0.4 is 5.32 Å². The van der Waals surface area contributed by atoms with E-state index in [0.717, 1.165) is 38.7 Å². The third-order valence-corrected chi connectivity index (χ3v) is 6.73. The summed E-state index contributed by atoms with van der Waals surface area (Å²) in [5.74, 6) is -0.481. The molecule has 2 aromatic carbocycles. The maximum absolute atomic E-state index is 12.8. The maximum atomic E-state index is 12.8. The Bertz CT molecular complexity index is 1510. The molecular weight excluding hydrogens is 510 g/mol. The average molecular weight is 542 g/mol. The minimum atomic E-state index is -0.992. The first-order valence-electron chi connectivity index (χ1n) is 13.1. The molecular formula is C31H31N3O6. The second kappa shape index (κ2) is 11.2. The molecule has 0 radical (unpaired) electrons. The normalized spacial score (nSPS) is 13.3. The van der Waals surface area contributed by atoms with E-state index in [1.54, 1.807) is 29.2 Å². The van der Waals surface area contributed by atoms with Crippen molar-refractivity contribution in [2.45, 2.75) is 51.5 Å². The van der Waals surface area contributed by atoms with Crippen LogP contribution in [0.4, 0.5) is 4.79 Å². The van der Waals surface area contributed by atoms with Gasteiger partial charge in [-0.2, -0.15) is 0 Å². The number of nitrogens with zero attached hydrogens (tertiary/aromatic N) is 2. The SMILES string of the molecule is CC(C)(C)OC(=O)Cn1cc(CC(NC(=O)OCC2c3ccccc3-c3ccccc32)OC=O)c2cnccc21. The van der Waals surface area contributed by atoms with Gasteiger partial charge in [0, 0.05) is 36.3 Å². The number of rotatable bonds is 9. The lowest BCUT2D eigenvalue weighted by atomic mass is 9.98. The van der Waals surface area contributed by atoms with Gasteiger partial charge >= 0.3 is 12.1 Å². The second-order valence-corrected chi connectivity index (χ2v) is 10.7. The van der Waals surface area contributed by atoms with Crippen molar-refractivity contribution in [1.82, 2.24) is 14.9 Å². The number of amides is 1. The standard InChI is InChI=1S/C31H31N3O6/c1-31(2,3)40-29(36)17-34-16-20(25-15-32-13-12-27(25)34)14-28(39-19-35)33-30(37)38-18-26-23-10-6-4-8-21(23)22-9-5-7-11-24(22)26/h4-13,15-16,19,26,28H,14,17-18H2,1-3H3,(H,33,37). The van der Waals surface area contributed by atoms with E-state index in [9.17, 15) is 14.4 Å². The van der Waals surface area contributed by atoms with Gasteiger partial charge in [0.15, 0.2) is 6.23 Å². The van der Waals surface area contributed by atoms with E-state index in [2.05, 4.69) is 22.4 Å². The summed E-state index contributed by atoms with van der Waals surface area (Å²) in [5, 5.41) is 3.41. The van der Waals surface area contributed by atoms with Gasteiger partial charge in [-0.1, -0.05) is 48.5 Å². The largest absolute Gasteiger partial charge is 0.459 e. The van der Waals surface area contributed by atoms with E-state index in [1.165, 1.54) is 0 Å². The van der Waals surface area contributed by atoms with Crippen molar-refractivity contribution in [2.24, 2.45) is 0 Å². The fourth-order valence-electron chi connectivity index (χ4n) is 5.19. The molecule has 40 heavy (non-hydrogen) atoms. The molecule has 9 heteroatoms. The number of alkyl carbamates (subject to hydrolysis) is 1. The van der Waals surface area contributed by atoms with Gasteiger partial charge < -0.3 is 18.8 Å². The Labute approximate surface area is 232 Å². The molecule has 0 fully saturated rings. The first kappa shape index (κ1) is 26.9. The van der Waals surface area contributed by atoms with Crippen LogP contribution in [0.5, 0.6) is 0 Å². The van der Waals surface area contributed by atoms with Gasteiger partial charge in [0.05, 0.1) is 5.52 Å². The highest BCUT2D eigenvalue weighted by Gasteiger charge is 2.29. The van der Waals surface area contributed by atoms with Crippen LogP contribution in [-0.2, 0) is 36.8 Å². The van der Waals surface area contributed by atoms with Crippen LogP contribution in [0.25, 0.3) is 22.0 Å². The second-order valence-electron chi connectivity index (χ2n) is 10.7. The lowest BCUT2D eigenvalue weighted by Gasteiger charge is -2.19. The zero-order valence-corrected chi connectivity index (χ0v) is 22.6. The third-order valence-electron chi connectivity index (χ3n) is 6.73. The van der Waals surface area contributed by atoms with Gasteiger partial charge in [-0.15, -0.1) is 0 Å². The zero-order chi connectivity index (χ0) is 28.3. The number of esters is 1. The molecule has 1 N–H and O–H groups in total. The number of hydrogen-bond acceptors (Lipinski definition) is 7. The molecule has 1 atom stereocenters. The van der Waals surface area contributed by atoms with E-state index >= 15 is 0 Å². The summed E-state index contributed by atoms with van der Waals surface area (Å²) in [7, 11) is 0. The first-order chi connectivity index (χ1) is 19.2. The van der Waals surface area contributed by atoms with Gasteiger partial charge in [0.25, 0.3) is 6.47 Å². The van der Waals surface area contributed by atoms with Gasteiger partial charge in [-0.05, 0) is 54.7 Å².